The van der Waals surface area contributed by atoms with E-state index in [-0.39, 0.29) is 5.90 Å². The van der Waals surface area contributed by atoms with Crippen molar-refractivity contribution in [2.24, 2.45) is 0 Å². The van der Waals surface area contributed by atoms with Gasteiger partial charge in [-0.3, -0.25) is 5.41 Å². The van der Waals surface area contributed by atoms with Gasteiger partial charge >= 0.3 is 12.1 Å². The van der Waals surface area contributed by atoms with Gasteiger partial charge in [-0.25, -0.2) is 22.8 Å². The maximum absolute atomic E-state index is 7.00. The Morgan fingerprint density at radius 1 is 1.60 bits per heavy atom. The molecule has 52 valence electrons. The molecule has 0 aromatic heterocycles. The molecule has 0 amide bonds. The third kappa shape index (κ3) is 2.15. The lowest BCUT2D eigenvalue weighted by Crippen LogP contribution is -2.15. The highest BCUT2D eigenvalue weighted by atomic mass is 16.5. The molecule has 0 saturated carbocycles. The summed E-state index contributed by atoms with van der Waals surface area (Å²) < 4.78 is 4.64. The molecule has 0 fully saturated rings. The molecular formula is C6H7N3O. The molecule has 0 aromatic carbocycles. The summed E-state index contributed by atoms with van der Waals surface area (Å²) in [5.41, 5.74) is 0. The molecule has 0 radical (unpaired) electrons. The first-order valence-electron chi connectivity index (χ1n) is 2.70. The SMILES string of the molecule is [C-]#[N+]C([N+]#[C-])C(=N)OCC. The molecule has 0 aromatic rings. The molecule has 0 bridgehead atoms. The van der Waals surface area contributed by atoms with Crippen molar-refractivity contribution in [2.45, 2.75) is 13.1 Å². The fraction of sp³-hybridized carbons (Fsp3) is 0.500. The number of ether oxygens (including phenoxy) is 1. The topological polar surface area (TPSA) is 41.8 Å². The number of hydrogen-bond acceptors (Lipinski definition) is 2. The van der Waals surface area contributed by atoms with E-state index in [1.54, 1.807) is 6.92 Å². The largest absolute Gasteiger partial charge is 0.552 e. The minimum atomic E-state index is -1.08. The van der Waals surface area contributed by atoms with Gasteiger partial charge in [-0.15, -0.1) is 0 Å². The average molecular weight is 137 g/mol. The second kappa shape index (κ2) is 4.34. The number of nitrogens with zero attached hydrogens (tertiary/aromatic N) is 2. The van der Waals surface area contributed by atoms with Gasteiger partial charge in [0.25, 0.3) is 0 Å². The van der Waals surface area contributed by atoms with Crippen molar-refractivity contribution >= 4 is 5.90 Å². The molecule has 0 spiro atoms. The van der Waals surface area contributed by atoms with Gasteiger partial charge in [0.05, 0.1) is 6.61 Å². The first-order chi connectivity index (χ1) is 4.76. The summed E-state index contributed by atoms with van der Waals surface area (Å²) in [6, 6.07) is 0. The van der Waals surface area contributed by atoms with E-state index in [4.69, 9.17) is 18.6 Å². The van der Waals surface area contributed by atoms with Crippen LogP contribution in [0.25, 0.3) is 9.69 Å². The van der Waals surface area contributed by atoms with Crippen LogP contribution in [0.1, 0.15) is 6.92 Å². The van der Waals surface area contributed by atoms with Crippen molar-refractivity contribution in [3.8, 4) is 0 Å². The third-order valence-corrected chi connectivity index (χ3v) is 0.779. The predicted molar refractivity (Wildman–Crippen MR) is 36.3 cm³/mol. The van der Waals surface area contributed by atoms with E-state index in [1.807, 2.05) is 0 Å². The molecule has 0 rings (SSSR count). The van der Waals surface area contributed by atoms with Gasteiger partial charge in [0.1, 0.15) is 0 Å². The first kappa shape index (κ1) is 8.45. The summed E-state index contributed by atoms with van der Waals surface area (Å²) in [4.78, 5) is 5.74. The van der Waals surface area contributed by atoms with Gasteiger partial charge in [0.2, 0.25) is 0 Å². The first-order valence-corrected chi connectivity index (χ1v) is 2.70. The molecule has 0 atom stereocenters. The number of rotatable bonds is 2. The van der Waals surface area contributed by atoms with Crippen LogP contribution in [0, 0.1) is 18.6 Å². The molecule has 0 heterocycles. The normalized spacial score (nSPS) is 8.00. The van der Waals surface area contributed by atoms with Gasteiger partial charge in [-0.05, 0) is 6.92 Å². The summed E-state index contributed by atoms with van der Waals surface area (Å²) in [5, 5.41) is 7.00. The van der Waals surface area contributed by atoms with Crippen molar-refractivity contribution in [1.29, 1.82) is 5.41 Å². The van der Waals surface area contributed by atoms with E-state index in [0.717, 1.165) is 0 Å². The number of hydrogen-bond donors (Lipinski definition) is 1. The predicted octanol–water partition coefficient (Wildman–Crippen LogP) is 1.16. The molecule has 10 heavy (non-hydrogen) atoms. The second-order valence-corrected chi connectivity index (χ2v) is 1.43. The highest BCUT2D eigenvalue weighted by Crippen LogP contribution is 1.95. The van der Waals surface area contributed by atoms with Crippen molar-refractivity contribution in [3.05, 3.63) is 22.8 Å². The zero-order chi connectivity index (χ0) is 7.98. The Morgan fingerprint density at radius 3 is 2.40 bits per heavy atom. The Morgan fingerprint density at radius 2 is 2.10 bits per heavy atom. The second-order valence-electron chi connectivity index (χ2n) is 1.43. The molecule has 0 saturated heterocycles. The van der Waals surface area contributed by atoms with E-state index in [1.165, 1.54) is 0 Å². The summed E-state index contributed by atoms with van der Waals surface area (Å²) in [7, 11) is 0. The van der Waals surface area contributed by atoms with Crippen LogP contribution in [-0.2, 0) is 4.74 Å². The summed E-state index contributed by atoms with van der Waals surface area (Å²) >= 11 is 0. The van der Waals surface area contributed by atoms with Crippen LogP contribution in [0.2, 0.25) is 0 Å². The molecule has 0 aliphatic rings. The lowest BCUT2D eigenvalue weighted by molar-refractivity contribution is 0.316. The zero-order valence-corrected chi connectivity index (χ0v) is 5.59. The fourth-order valence-electron chi connectivity index (χ4n) is 0.376. The van der Waals surface area contributed by atoms with Crippen LogP contribution in [-0.4, -0.2) is 18.7 Å². The molecule has 4 nitrogen and oxygen atoms in total. The zero-order valence-electron chi connectivity index (χ0n) is 5.59. The molecule has 4 heteroatoms. The van der Waals surface area contributed by atoms with Crippen molar-refractivity contribution in [1.82, 2.24) is 0 Å². The van der Waals surface area contributed by atoms with Gasteiger partial charge in [0, 0.05) is 0 Å². The maximum Gasteiger partial charge on any atom is 0.552 e. The molecule has 0 aliphatic heterocycles. The average Bonchev–Trinajstić information content (AvgIpc) is 1.91. The van der Waals surface area contributed by atoms with E-state index in [2.05, 4.69) is 14.4 Å². The number of nitrogens with one attached hydrogen (secondary N) is 1. The Balaban J connectivity index is 3.96. The van der Waals surface area contributed by atoms with Crippen LogP contribution in [0.15, 0.2) is 0 Å². The Hall–Kier alpha value is -1.55. The van der Waals surface area contributed by atoms with Gasteiger partial charge in [-0.1, -0.05) is 0 Å². The van der Waals surface area contributed by atoms with Crippen molar-refractivity contribution in [2.75, 3.05) is 6.61 Å². The molecular weight excluding hydrogens is 130 g/mol. The minimum absolute atomic E-state index is 0.257. The Bertz CT molecular complexity index is 184. The van der Waals surface area contributed by atoms with Gasteiger partial charge in [-0.2, -0.15) is 0 Å². The van der Waals surface area contributed by atoms with Crippen LogP contribution >= 0.6 is 0 Å². The highest BCUT2D eigenvalue weighted by molar-refractivity contribution is 5.81. The smallest absolute Gasteiger partial charge is 0.470 e. The monoisotopic (exact) mass is 137 g/mol. The van der Waals surface area contributed by atoms with Gasteiger partial charge < -0.3 is 4.74 Å². The van der Waals surface area contributed by atoms with Crippen LogP contribution in [0.5, 0.6) is 0 Å². The van der Waals surface area contributed by atoms with Gasteiger partial charge in [0.15, 0.2) is 0 Å². The standard InChI is InChI=1S/C6H7N3O/c1-4-10-5(7)6(8-2)9-3/h6-7H,4H2,1H3. The fourth-order valence-corrected chi connectivity index (χ4v) is 0.376. The van der Waals surface area contributed by atoms with Crippen molar-refractivity contribution in [3.63, 3.8) is 0 Å². The lowest BCUT2D eigenvalue weighted by atomic mass is 10.5. The molecule has 0 aliphatic carbocycles. The van der Waals surface area contributed by atoms with E-state index in [9.17, 15) is 0 Å². The van der Waals surface area contributed by atoms with E-state index >= 15 is 0 Å². The van der Waals surface area contributed by atoms with Crippen LogP contribution in [0.4, 0.5) is 0 Å². The molecule has 1 N–H and O–H groups in total. The lowest BCUT2D eigenvalue weighted by Gasteiger charge is -1.96. The molecule has 0 unspecified atom stereocenters. The summed E-state index contributed by atoms with van der Waals surface area (Å²) in [5.74, 6) is -0.257. The van der Waals surface area contributed by atoms with E-state index in [0.29, 0.717) is 6.61 Å². The quantitative estimate of drug-likeness (QED) is 0.346. The highest BCUT2D eigenvalue weighted by Gasteiger charge is 2.24. The maximum atomic E-state index is 7.00. The Kier molecular flexibility index (Phi) is 3.67. The minimum Gasteiger partial charge on any atom is -0.470 e. The summed E-state index contributed by atoms with van der Waals surface area (Å²) in [6.45, 7) is 15.0. The van der Waals surface area contributed by atoms with Crippen molar-refractivity contribution < 1.29 is 4.74 Å². The third-order valence-electron chi connectivity index (χ3n) is 0.779. The Labute approximate surface area is 59.6 Å². The van der Waals surface area contributed by atoms with Crippen LogP contribution in [0.3, 0.4) is 0 Å². The van der Waals surface area contributed by atoms with E-state index < -0.39 is 6.17 Å². The van der Waals surface area contributed by atoms with Crippen LogP contribution < -0.4 is 0 Å². The summed E-state index contributed by atoms with van der Waals surface area (Å²) in [6.07, 6.45) is -1.08.